The van der Waals surface area contributed by atoms with Gasteiger partial charge in [-0.2, -0.15) is 4.31 Å². The summed E-state index contributed by atoms with van der Waals surface area (Å²) < 4.78 is 32.0. The Kier molecular flexibility index (Phi) is 6.31. The first-order chi connectivity index (χ1) is 13.3. The van der Waals surface area contributed by atoms with Gasteiger partial charge < -0.3 is 10.1 Å². The minimum atomic E-state index is -3.71. The number of hydrogen-bond acceptors (Lipinski definition) is 5. The van der Waals surface area contributed by atoms with Crippen LogP contribution in [0.2, 0.25) is 5.02 Å². The number of piperidine rings is 1. The van der Waals surface area contributed by atoms with E-state index < -0.39 is 27.4 Å². The van der Waals surface area contributed by atoms with Crippen LogP contribution in [0.15, 0.2) is 29.2 Å². The molecule has 2 aliphatic rings. The molecule has 1 saturated heterocycles. The zero-order chi connectivity index (χ0) is 20.4. The lowest BCUT2D eigenvalue weighted by Gasteiger charge is -2.34. The Morgan fingerprint density at radius 3 is 2.43 bits per heavy atom. The molecule has 1 unspecified atom stereocenters. The van der Waals surface area contributed by atoms with E-state index >= 15 is 0 Å². The second-order valence-corrected chi connectivity index (χ2v) is 9.80. The molecule has 1 amide bonds. The third-order valence-corrected chi connectivity index (χ3v) is 7.73. The summed E-state index contributed by atoms with van der Waals surface area (Å²) in [6.07, 6.45) is 3.94. The van der Waals surface area contributed by atoms with Crippen LogP contribution in [0.5, 0.6) is 0 Å². The van der Waals surface area contributed by atoms with Gasteiger partial charge in [-0.25, -0.2) is 13.2 Å². The molecule has 3 rings (SSSR count). The highest BCUT2D eigenvalue weighted by molar-refractivity contribution is 7.89. The molecule has 28 heavy (non-hydrogen) atoms. The predicted octanol–water partition coefficient (Wildman–Crippen LogP) is 2.34. The number of ether oxygens (including phenoxy) is 1. The number of amides is 1. The molecule has 0 radical (unpaired) electrons. The highest BCUT2D eigenvalue weighted by Crippen LogP contribution is 2.32. The number of methoxy groups -OCH3 is 1. The molecular formula is C19H25ClN2O5S. The topological polar surface area (TPSA) is 92.8 Å². The lowest BCUT2D eigenvalue weighted by molar-refractivity contribution is -0.151. The van der Waals surface area contributed by atoms with Crippen molar-refractivity contribution >= 4 is 33.5 Å². The smallest absolute Gasteiger partial charge is 0.331 e. The number of benzene rings is 1. The summed E-state index contributed by atoms with van der Waals surface area (Å²) in [5.74, 6) is -1.22. The summed E-state index contributed by atoms with van der Waals surface area (Å²) >= 11 is 5.84. The number of carbonyl (C=O) groups is 2. The van der Waals surface area contributed by atoms with Crippen LogP contribution in [0, 0.1) is 5.92 Å². The summed E-state index contributed by atoms with van der Waals surface area (Å²) in [6, 6.07) is 5.99. The van der Waals surface area contributed by atoms with E-state index in [0.29, 0.717) is 37.3 Å². The first-order valence-corrected chi connectivity index (χ1v) is 11.3. The SMILES string of the molecule is COC(=O)C1(NC(=O)C2CCCN(S(=O)(=O)c3ccc(Cl)cc3)C2)CCCC1. The Hall–Kier alpha value is -1.64. The molecule has 7 nitrogen and oxygen atoms in total. The van der Waals surface area contributed by atoms with Crippen molar-refractivity contribution in [3.8, 4) is 0 Å². The van der Waals surface area contributed by atoms with Gasteiger partial charge in [0.1, 0.15) is 5.54 Å². The van der Waals surface area contributed by atoms with Gasteiger partial charge in [-0.1, -0.05) is 24.4 Å². The fraction of sp³-hybridized carbons (Fsp3) is 0.579. The molecule has 1 aromatic carbocycles. The maximum absolute atomic E-state index is 12.9. The molecule has 1 aliphatic heterocycles. The average molecular weight is 429 g/mol. The Morgan fingerprint density at radius 1 is 1.18 bits per heavy atom. The summed E-state index contributed by atoms with van der Waals surface area (Å²) in [5, 5.41) is 3.34. The number of halogens is 1. The maximum Gasteiger partial charge on any atom is 0.331 e. The highest BCUT2D eigenvalue weighted by Gasteiger charge is 2.45. The quantitative estimate of drug-likeness (QED) is 0.726. The fourth-order valence-corrected chi connectivity index (χ4v) is 5.67. The number of nitrogens with zero attached hydrogens (tertiary/aromatic N) is 1. The second kappa shape index (κ2) is 8.39. The molecular weight excluding hydrogens is 404 g/mol. The van der Waals surface area contributed by atoms with Crippen LogP contribution >= 0.6 is 11.6 Å². The van der Waals surface area contributed by atoms with Crippen LogP contribution in [-0.2, 0) is 24.3 Å². The van der Waals surface area contributed by atoms with E-state index in [4.69, 9.17) is 16.3 Å². The van der Waals surface area contributed by atoms with Gasteiger partial charge in [0.25, 0.3) is 0 Å². The standard InChI is InChI=1S/C19H25ClN2O5S/c1-27-18(24)19(10-2-3-11-19)21-17(23)14-5-4-12-22(13-14)28(25,26)16-8-6-15(20)7-9-16/h6-9,14H,2-5,10-13H2,1H3,(H,21,23). The maximum atomic E-state index is 12.9. The Balaban J connectivity index is 1.73. The molecule has 1 aromatic rings. The van der Waals surface area contributed by atoms with E-state index in [-0.39, 0.29) is 17.3 Å². The van der Waals surface area contributed by atoms with Gasteiger partial charge in [0, 0.05) is 18.1 Å². The third kappa shape index (κ3) is 4.18. The average Bonchev–Trinajstić information content (AvgIpc) is 3.17. The molecule has 0 aromatic heterocycles. The van der Waals surface area contributed by atoms with Crippen molar-refractivity contribution in [3.63, 3.8) is 0 Å². The number of carbonyl (C=O) groups excluding carboxylic acids is 2. The summed E-state index contributed by atoms with van der Waals surface area (Å²) in [6.45, 7) is 0.449. The molecule has 1 heterocycles. The van der Waals surface area contributed by atoms with Gasteiger partial charge in [-0.05, 0) is 49.9 Å². The molecule has 1 aliphatic carbocycles. The monoisotopic (exact) mass is 428 g/mol. The molecule has 1 saturated carbocycles. The van der Waals surface area contributed by atoms with Crippen LogP contribution in [0.4, 0.5) is 0 Å². The van der Waals surface area contributed by atoms with Gasteiger partial charge >= 0.3 is 5.97 Å². The van der Waals surface area contributed by atoms with Crippen molar-refractivity contribution in [2.45, 2.75) is 49.0 Å². The van der Waals surface area contributed by atoms with E-state index in [1.54, 1.807) is 0 Å². The van der Waals surface area contributed by atoms with Gasteiger partial charge in [-0.15, -0.1) is 0 Å². The summed E-state index contributed by atoms with van der Waals surface area (Å²) in [5.41, 5.74) is -0.983. The molecule has 2 fully saturated rings. The van der Waals surface area contributed by atoms with E-state index in [1.807, 2.05) is 0 Å². The van der Waals surface area contributed by atoms with E-state index in [0.717, 1.165) is 12.8 Å². The zero-order valence-electron chi connectivity index (χ0n) is 15.8. The second-order valence-electron chi connectivity index (χ2n) is 7.43. The fourth-order valence-electron chi connectivity index (χ4n) is 4.02. The Labute approximate surface area is 170 Å². The van der Waals surface area contributed by atoms with E-state index in [9.17, 15) is 18.0 Å². The van der Waals surface area contributed by atoms with Crippen molar-refractivity contribution in [1.82, 2.24) is 9.62 Å². The van der Waals surface area contributed by atoms with Crippen LogP contribution in [0.25, 0.3) is 0 Å². The van der Waals surface area contributed by atoms with Gasteiger partial charge in [0.15, 0.2) is 0 Å². The van der Waals surface area contributed by atoms with Gasteiger partial charge in [0.05, 0.1) is 17.9 Å². The highest BCUT2D eigenvalue weighted by atomic mass is 35.5. The van der Waals surface area contributed by atoms with Crippen molar-refractivity contribution in [3.05, 3.63) is 29.3 Å². The lowest BCUT2D eigenvalue weighted by atomic mass is 9.93. The Bertz CT molecular complexity index is 834. The summed E-state index contributed by atoms with van der Waals surface area (Å²) in [4.78, 5) is 25.3. The molecule has 0 bridgehead atoms. The number of rotatable bonds is 5. The first kappa shape index (κ1) is 21.1. The summed E-state index contributed by atoms with van der Waals surface area (Å²) in [7, 11) is -2.39. The van der Waals surface area contributed by atoms with Crippen LogP contribution in [0.1, 0.15) is 38.5 Å². The normalized spacial score (nSPS) is 22.6. The molecule has 1 N–H and O–H groups in total. The van der Waals surface area contributed by atoms with Crippen LogP contribution < -0.4 is 5.32 Å². The van der Waals surface area contributed by atoms with Gasteiger partial charge in [0.2, 0.25) is 15.9 Å². The minimum Gasteiger partial charge on any atom is -0.467 e. The number of sulfonamides is 1. The minimum absolute atomic E-state index is 0.0913. The van der Waals surface area contributed by atoms with Crippen molar-refractivity contribution < 1.29 is 22.7 Å². The molecule has 1 atom stereocenters. The van der Waals surface area contributed by atoms with Crippen LogP contribution in [-0.4, -0.2) is 50.3 Å². The largest absolute Gasteiger partial charge is 0.467 e. The van der Waals surface area contributed by atoms with Crippen LogP contribution in [0.3, 0.4) is 0 Å². The number of esters is 1. The predicted molar refractivity (Wildman–Crippen MR) is 104 cm³/mol. The molecule has 0 spiro atoms. The van der Waals surface area contributed by atoms with E-state index in [2.05, 4.69) is 5.32 Å². The number of nitrogens with one attached hydrogen (secondary N) is 1. The molecule has 9 heteroatoms. The molecule has 154 valence electrons. The Morgan fingerprint density at radius 2 is 1.82 bits per heavy atom. The van der Waals surface area contributed by atoms with Gasteiger partial charge in [-0.3, -0.25) is 4.79 Å². The van der Waals surface area contributed by atoms with E-state index in [1.165, 1.54) is 35.7 Å². The van der Waals surface area contributed by atoms with Crippen molar-refractivity contribution in [2.75, 3.05) is 20.2 Å². The zero-order valence-corrected chi connectivity index (χ0v) is 17.4. The first-order valence-electron chi connectivity index (χ1n) is 9.45. The lowest BCUT2D eigenvalue weighted by Crippen LogP contribution is -2.56. The van der Waals surface area contributed by atoms with Crippen molar-refractivity contribution in [2.24, 2.45) is 5.92 Å². The third-order valence-electron chi connectivity index (χ3n) is 5.60. The number of hydrogen-bond donors (Lipinski definition) is 1. The van der Waals surface area contributed by atoms with Crippen molar-refractivity contribution in [1.29, 1.82) is 0 Å².